The Morgan fingerprint density at radius 3 is 2.17 bits per heavy atom. The zero-order chi connectivity index (χ0) is 18.5. The third-order valence-corrected chi connectivity index (χ3v) is 8.97. The largest absolute Gasteiger partial charge is 0.464 e. The molecule has 5 nitrogen and oxygen atoms in total. The Hall–Kier alpha value is -1.21. The van der Waals surface area contributed by atoms with Crippen molar-refractivity contribution < 1.29 is 24.2 Å². The van der Waals surface area contributed by atoms with Crippen LogP contribution >= 0.6 is 0 Å². The van der Waals surface area contributed by atoms with E-state index >= 15 is 0 Å². The first-order valence-electron chi connectivity index (χ1n) is 8.26. The molecule has 2 N–H and O–H groups in total. The summed E-state index contributed by atoms with van der Waals surface area (Å²) in [6, 6.07) is 9.17. The van der Waals surface area contributed by atoms with Gasteiger partial charge >= 0.3 is 5.97 Å². The minimum Gasteiger partial charge on any atom is -0.464 e. The molecule has 1 rings (SSSR count). The van der Waals surface area contributed by atoms with E-state index in [1.807, 2.05) is 30.3 Å². The SMILES string of the molecule is CCOC(=O)[C@@H](O)[C@H](O)[C@H](O[Si](C)(C)C(C)(C)C)c1ccccc1. The highest BCUT2D eigenvalue weighted by atomic mass is 28.4. The zero-order valence-corrected chi connectivity index (χ0v) is 16.4. The van der Waals surface area contributed by atoms with E-state index in [9.17, 15) is 15.0 Å². The minimum atomic E-state index is -2.24. The molecule has 0 saturated carbocycles. The molecule has 0 radical (unpaired) electrons. The predicted octanol–water partition coefficient (Wildman–Crippen LogP) is 3.03. The van der Waals surface area contributed by atoms with Gasteiger partial charge in [-0.05, 0) is 30.6 Å². The summed E-state index contributed by atoms with van der Waals surface area (Å²) < 4.78 is 11.1. The molecule has 0 heterocycles. The smallest absolute Gasteiger partial charge is 0.337 e. The fourth-order valence-corrected chi connectivity index (χ4v) is 3.27. The second-order valence-electron chi connectivity index (χ2n) is 7.40. The summed E-state index contributed by atoms with van der Waals surface area (Å²) in [7, 11) is -2.24. The number of hydrogen-bond acceptors (Lipinski definition) is 5. The fourth-order valence-electron chi connectivity index (χ4n) is 2.00. The molecule has 0 aliphatic carbocycles. The number of carbonyl (C=O) groups is 1. The molecule has 1 aromatic rings. The number of carbonyl (C=O) groups excluding carboxylic acids is 1. The van der Waals surface area contributed by atoms with Crippen molar-refractivity contribution >= 4 is 14.3 Å². The van der Waals surface area contributed by atoms with Crippen molar-refractivity contribution in [3.05, 3.63) is 35.9 Å². The number of hydrogen-bond donors (Lipinski definition) is 2. The van der Waals surface area contributed by atoms with Crippen LogP contribution in [0.5, 0.6) is 0 Å². The molecule has 24 heavy (non-hydrogen) atoms. The highest BCUT2D eigenvalue weighted by Gasteiger charge is 2.43. The molecule has 136 valence electrons. The predicted molar refractivity (Wildman–Crippen MR) is 96.1 cm³/mol. The van der Waals surface area contributed by atoms with E-state index in [1.54, 1.807) is 6.92 Å². The Bertz CT molecular complexity index is 524. The monoisotopic (exact) mass is 354 g/mol. The average Bonchev–Trinajstić information content (AvgIpc) is 2.51. The topological polar surface area (TPSA) is 76.0 Å². The van der Waals surface area contributed by atoms with Crippen molar-refractivity contribution in [2.24, 2.45) is 0 Å². The van der Waals surface area contributed by atoms with Crippen LogP contribution in [-0.4, -0.2) is 43.3 Å². The highest BCUT2D eigenvalue weighted by Crippen LogP contribution is 2.40. The first-order valence-corrected chi connectivity index (χ1v) is 11.2. The summed E-state index contributed by atoms with van der Waals surface area (Å²) >= 11 is 0. The molecule has 0 spiro atoms. The lowest BCUT2D eigenvalue weighted by atomic mass is 10.0. The second-order valence-corrected chi connectivity index (χ2v) is 12.2. The molecule has 0 saturated heterocycles. The first-order chi connectivity index (χ1) is 11.0. The molecular weight excluding hydrogens is 324 g/mol. The van der Waals surface area contributed by atoms with Crippen LogP contribution < -0.4 is 0 Å². The van der Waals surface area contributed by atoms with Crippen LogP contribution in [0.4, 0.5) is 0 Å². The Morgan fingerprint density at radius 1 is 1.17 bits per heavy atom. The van der Waals surface area contributed by atoms with E-state index in [1.165, 1.54) is 0 Å². The lowest BCUT2D eigenvalue weighted by molar-refractivity contribution is -0.163. The Balaban J connectivity index is 3.13. The minimum absolute atomic E-state index is 0.0748. The molecule has 6 heteroatoms. The maximum atomic E-state index is 11.8. The van der Waals surface area contributed by atoms with Crippen LogP contribution in [0.25, 0.3) is 0 Å². The number of esters is 1. The van der Waals surface area contributed by atoms with Gasteiger partial charge in [-0.25, -0.2) is 4.79 Å². The number of aliphatic hydroxyl groups excluding tert-OH is 2. The van der Waals surface area contributed by atoms with Gasteiger partial charge in [-0.3, -0.25) is 0 Å². The van der Waals surface area contributed by atoms with Crippen molar-refractivity contribution in [2.45, 2.75) is 64.1 Å². The van der Waals surface area contributed by atoms with E-state index < -0.39 is 32.6 Å². The van der Waals surface area contributed by atoms with Crippen LogP contribution in [0.2, 0.25) is 18.1 Å². The second kappa shape index (κ2) is 8.25. The third-order valence-electron chi connectivity index (χ3n) is 4.52. The van der Waals surface area contributed by atoms with Crippen molar-refractivity contribution in [3.63, 3.8) is 0 Å². The fraction of sp³-hybridized carbons (Fsp3) is 0.611. The van der Waals surface area contributed by atoms with E-state index in [2.05, 4.69) is 33.9 Å². The zero-order valence-electron chi connectivity index (χ0n) is 15.4. The molecule has 0 aliphatic heterocycles. The third kappa shape index (κ3) is 5.14. The van der Waals surface area contributed by atoms with Crippen molar-refractivity contribution in [2.75, 3.05) is 6.61 Å². The van der Waals surface area contributed by atoms with Gasteiger partial charge in [-0.15, -0.1) is 0 Å². The molecule has 0 fully saturated rings. The number of benzene rings is 1. The number of ether oxygens (including phenoxy) is 1. The Morgan fingerprint density at radius 2 is 1.71 bits per heavy atom. The molecule has 1 aromatic carbocycles. The number of rotatable bonds is 7. The van der Waals surface area contributed by atoms with Gasteiger partial charge in [0.1, 0.15) is 6.10 Å². The summed E-state index contributed by atoms with van der Waals surface area (Å²) in [6.45, 7) is 12.2. The van der Waals surface area contributed by atoms with E-state index in [4.69, 9.17) is 9.16 Å². The van der Waals surface area contributed by atoms with Crippen LogP contribution in [-0.2, 0) is 14.0 Å². The van der Waals surface area contributed by atoms with Gasteiger partial charge in [-0.1, -0.05) is 51.1 Å². The summed E-state index contributed by atoms with van der Waals surface area (Å²) in [5, 5.41) is 20.7. The van der Waals surface area contributed by atoms with Gasteiger partial charge in [-0.2, -0.15) is 0 Å². The van der Waals surface area contributed by atoms with Crippen molar-refractivity contribution in [1.82, 2.24) is 0 Å². The summed E-state index contributed by atoms with van der Waals surface area (Å²) in [6.07, 6.45) is -3.85. The Kier molecular flexibility index (Phi) is 7.16. The molecule has 0 unspecified atom stereocenters. The molecular formula is C18H30O5Si. The maximum absolute atomic E-state index is 11.8. The lowest BCUT2D eigenvalue weighted by Crippen LogP contribution is -2.47. The van der Waals surface area contributed by atoms with E-state index in [0.717, 1.165) is 5.56 Å². The summed E-state index contributed by atoms with van der Waals surface area (Å²) in [5.74, 6) is -0.843. The van der Waals surface area contributed by atoms with Crippen molar-refractivity contribution in [3.8, 4) is 0 Å². The van der Waals surface area contributed by atoms with Crippen LogP contribution in [0.1, 0.15) is 39.4 Å². The summed E-state index contributed by atoms with van der Waals surface area (Å²) in [5.41, 5.74) is 0.721. The van der Waals surface area contributed by atoms with E-state index in [-0.39, 0.29) is 11.6 Å². The lowest BCUT2D eigenvalue weighted by Gasteiger charge is -2.41. The maximum Gasteiger partial charge on any atom is 0.337 e. The van der Waals surface area contributed by atoms with Gasteiger partial charge in [0.05, 0.1) is 12.7 Å². The average molecular weight is 355 g/mol. The van der Waals surface area contributed by atoms with Crippen LogP contribution in [0.15, 0.2) is 30.3 Å². The standard InChI is InChI=1S/C18H30O5Si/c1-7-22-17(21)15(20)14(19)16(13-11-9-8-10-12-13)23-24(5,6)18(2,3)4/h8-12,14-16,19-20H,7H2,1-6H3/t14-,15-,16+/m0/s1. The van der Waals surface area contributed by atoms with Crippen LogP contribution in [0, 0.1) is 0 Å². The highest BCUT2D eigenvalue weighted by molar-refractivity contribution is 6.74. The molecule has 0 bridgehead atoms. The van der Waals surface area contributed by atoms with Gasteiger partial charge in [0, 0.05) is 0 Å². The van der Waals surface area contributed by atoms with Gasteiger partial charge in [0.25, 0.3) is 0 Å². The molecule has 0 aromatic heterocycles. The molecule has 3 atom stereocenters. The first kappa shape index (κ1) is 20.8. The number of aliphatic hydroxyl groups is 2. The van der Waals surface area contributed by atoms with Gasteiger partial charge < -0.3 is 19.4 Å². The van der Waals surface area contributed by atoms with Crippen LogP contribution in [0.3, 0.4) is 0 Å². The van der Waals surface area contributed by atoms with Gasteiger partial charge in [0.15, 0.2) is 14.4 Å². The normalized spacial score (nSPS) is 16.3. The van der Waals surface area contributed by atoms with E-state index in [0.29, 0.717) is 0 Å². The van der Waals surface area contributed by atoms with Gasteiger partial charge in [0.2, 0.25) is 0 Å². The Labute approximate surface area is 145 Å². The molecule has 0 aliphatic rings. The molecule has 0 amide bonds. The summed E-state index contributed by atoms with van der Waals surface area (Å²) in [4.78, 5) is 11.8. The quantitative estimate of drug-likeness (QED) is 0.581. The van der Waals surface area contributed by atoms with Crippen molar-refractivity contribution in [1.29, 1.82) is 0 Å².